The Morgan fingerprint density at radius 3 is 1.39 bits per heavy atom. The molecular weight excluding hydrogens is 372 g/mol. The standard InChI is InChI=1S/C25H36O2.Ca/c1-3-5-7-9-11-20-13-15-22(24(26)17-20)19-23-16-14-21(18-25(23)27)12-10-8-6-4-2;/h13-18,26-27H,3-12,19H2,1-2H3;/q;+2/p-2. The van der Waals surface area contributed by atoms with Crippen molar-refractivity contribution < 1.29 is 10.2 Å². The average Bonchev–Trinajstić information content (AvgIpc) is 2.66. The van der Waals surface area contributed by atoms with Crippen molar-refractivity contribution in [2.75, 3.05) is 0 Å². The van der Waals surface area contributed by atoms with Gasteiger partial charge in [-0.25, -0.2) is 0 Å². The molecule has 0 saturated carbocycles. The second-order valence-corrected chi connectivity index (χ2v) is 7.68. The molecule has 0 aliphatic rings. The maximum absolute atomic E-state index is 12.4. The van der Waals surface area contributed by atoms with Crippen LogP contribution in [0.5, 0.6) is 11.5 Å². The predicted octanol–water partition coefficient (Wildman–Crippen LogP) is 5.29. The van der Waals surface area contributed by atoms with Gasteiger partial charge < -0.3 is 10.2 Å². The zero-order valence-corrected chi connectivity index (χ0v) is 20.0. The predicted molar refractivity (Wildman–Crippen MR) is 116 cm³/mol. The minimum absolute atomic E-state index is 0. The van der Waals surface area contributed by atoms with Crippen LogP contribution < -0.4 is 10.2 Å². The fraction of sp³-hybridized carbons (Fsp3) is 0.520. The third-order valence-electron chi connectivity index (χ3n) is 5.28. The summed E-state index contributed by atoms with van der Waals surface area (Å²) in [7, 11) is 0. The van der Waals surface area contributed by atoms with Gasteiger partial charge in [-0.2, -0.15) is 0 Å². The van der Waals surface area contributed by atoms with Gasteiger partial charge in [0.1, 0.15) is 0 Å². The molecule has 0 aliphatic carbocycles. The number of hydrogen-bond acceptors (Lipinski definition) is 2. The fourth-order valence-corrected chi connectivity index (χ4v) is 3.52. The van der Waals surface area contributed by atoms with E-state index in [4.69, 9.17) is 0 Å². The molecule has 0 aromatic heterocycles. The first-order valence-electron chi connectivity index (χ1n) is 10.7. The topological polar surface area (TPSA) is 46.1 Å². The zero-order chi connectivity index (χ0) is 19.5. The zero-order valence-electron chi connectivity index (χ0n) is 17.8. The number of rotatable bonds is 12. The summed E-state index contributed by atoms with van der Waals surface area (Å²) in [5.41, 5.74) is 3.68. The number of unbranched alkanes of at least 4 members (excludes halogenated alkanes) is 6. The van der Waals surface area contributed by atoms with Crippen LogP contribution in [-0.4, -0.2) is 37.7 Å². The van der Waals surface area contributed by atoms with Crippen LogP contribution in [0.2, 0.25) is 0 Å². The summed E-state index contributed by atoms with van der Waals surface area (Å²) in [5, 5.41) is 24.8. The first-order valence-corrected chi connectivity index (χ1v) is 10.7. The van der Waals surface area contributed by atoms with Gasteiger partial charge in [0, 0.05) is 0 Å². The van der Waals surface area contributed by atoms with E-state index in [0.29, 0.717) is 6.42 Å². The molecule has 2 nitrogen and oxygen atoms in total. The van der Waals surface area contributed by atoms with Crippen LogP contribution in [0.3, 0.4) is 0 Å². The molecule has 0 fully saturated rings. The van der Waals surface area contributed by atoms with Gasteiger partial charge in [-0.1, -0.05) is 99.9 Å². The average molecular weight is 407 g/mol. The Labute approximate surface area is 201 Å². The minimum atomic E-state index is 0. The Hall–Kier alpha value is -0.700. The summed E-state index contributed by atoms with van der Waals surface area (Å²) in [5.74, 6) is 0.122. The van der Waals surface area contributed by atoms with Gasteiger partial charge >= 0.3 is 37.7 Å². The molecule has 2 aromatic rings. The van der Waals surface area contributed by atoms with Crippen molar-refractivity contribution in [2.45, 2.75) is 84.5 Å². The molecule has 0 aliphatic heterocycles. The molecule has 3 heteroatoms. The van der Waals surface area contributed by atoms with E-state index in [1.165, 1.54) is 38.5 Å². The first-order chi connectivity index (χ1) is 13.1. The van der Waals surface area contributed by atoms with E-state index in [0.717, 1.165) is 47.9 Å². The van der Waals surface area contributed by atoms with Crippen molar-refractivity contribution in [3.63, 3.8) is 0 Å². The monoisotopic (exact) mass is 406 g/mol. The summed E-state index contributed by atoms with van der Waals surface area (Å²) >= 11 is 0. The van der Waals surface area contributed by atoms with E-state index in [9.17, 15) is 10.2 Å². The maximum atomic E-state index is 12.4. The second kappa shape index (κ2) is 14.3. The van der Waals surface area contributed by atoms with Crippen molar-refractivity contribution in [2.24, 2.45) is 0 Å². The van der Waals surface area contributed by atoms with Gasteiger partial charge in [-0.3, -0.25) is 0 Å². The molecule has 2 aromatic carbocycles. The number of hydrogen-bond donors (Lipinski definition) is 0. The van der Waals surface area contributed by atoms with Crippen LogP contribution in [-0.2, 0) is 19.3 Å². The summed E-state index contributed by atoms with van der Waals surface area (Å²) < 4.78 is 0. The van der Waals surface area contributed by atoms with Crippen LogP contribution in [0.15, 0.2) is 36.4 Å². The largest absolute Gasteiger partial charge is 2.00 e. The van der Waals surface area contributed by atoms with Crippen LogP contribution >= 0.6 is 0 Å². The van der Waals surface area contributed by atoms with E-state index in [1.807, 2.05) is 12.1 Å². The molecule has 0 unspecified atom stereocenters. The molecule has 0 saturated heterocycles. The van der Waals surface area contributed by atoms with Gasteiger partial charge in [0.2, 0.25) is 0 Å². The van der Waals surface area contributed by atoms with Gasteiger partial charge in [-0.15, -0.1) is 11.5 Å². The fourth-order valence-electron chi connectivity index (χ4n) is 3.52. The Kier molecular flexibility index (Phi) is 12.9. The van der Waals surface area contributed by atoms with Crippen molar-refractivity contribution in [3.05, 3.63) is 58.7 Å². The van der Waals surface area contributed by atoms with E-state index in [2.05, 4.69) is 26.0 Å². The van der Waals surface area contributed by atoms with Crippen LogP contribution in [0.4, 0.5) is 0 Å². The molecule has 0 amide bonds. The summed E-state index contributed by atoms with van der Waals surface area (Å²) in [4.78, 5) is 0. The molecule has 28 heavy (non-hydrogen) atoms. The van der Waals surface area contributed by atoms with Gasteiger partial charge in [0.05, 0.1) is 0 Å². The molecule has 0 bridgehead atoms. The molecule has 2 rings (SSSR count). The normalized spacial score (nSPS) is 10.6. The summed E-state index contributed by atoms with van der Waals surface area (Å²) in [6, 6.07) is 11.4. The van der Waals surface area contributed by atoms with Crippen LogP contribution in [0, 0.1) is 0 Å². The Morgan fingerprint density at radius 2 is 1.04 bits per heavy atom. The third-order valence-corrected chi connectivity index (χ3v) is 5.28. The van der Waals surface area contributed by atoms with Crippen LogP contribution in [0.25, 0.3) is 0 Å². The third kappa shape index (κ3) is 8.76. The van der Waals surface area contributed by atoms with Gasteiger partial charge in [0.15, 0.2) is 0 Å². The molecular formula is C25H34CaO2. The Bertz CT molecular complexity index is 637. The molecule has 0 N–H and O–H groups in total. The van der Waals surface area contributed by atoms with Crippen molar-refractivity contribution >= 4 is 37.7 Å². The SMILES string of the molecule is CCCCCCc1ccc(Cc2ccc(CCCCCC)cc2[O-])c([O-])c1.[Ca+2]. The molecule has 0 heterocycles. The maximum Gasteiger partial charge on any atom is 2.00 e. The first kappa shape index (κ1) is 25.3. The molecule has 148 valence electrons. The smallest absolute Gasteiger partial charge is 0.872 e. The van der Waals surface area contributed by atoms with Crippen LogP contribution in [0.1, 0.15) is 87.5 Å². The van der Waals surface area contributed by atoms with E-state index in [-0.39, 0.29) is 49.2 Å². The number of aryl methyl sites for hydroxylation is 2. The molecule has 0 spiro atoms. The molecule has 0 atom stereocenters. The summed E-state index contributed by atoms with van der Waals surface area (Å²) in [6.45, 7) is 4.40. The Balaban J connectivity index is 0.00000392. The van der Waals surface area contributed by atoms with Gasteiger partial charge in [0.25, 0.3) is 0 Å². The Morgan fingerprint density at radius 1 is 0.607 bits per heavy atom. The van der Waals surface area contributed by atoms with Crippen molar-refractivity contribution in [3.8, 4) is 11.5 Å². The number of benzene rings is 2. The van der Waals surface area contributed by atoms with Crippen molar-refractivity contribution in [1.82, 2.24) is 0 Å². The van der Waals surface area contributed by atoms with Crippen molar-refractivity contribution in [1.29, 1.82) is 0 Å². The van der Waals surface area contributed by atoms with Gasteiger partial charge in [-0.05, 0) is 43.2 Å². The van der Waals surface area contributed by atoms with E-state index in [1.54, 1.807) is 12.1 Å². The minimum Gasteiger partial charge on any atom is -0.872 e. The van der Waals surface area contributed by atoms with E-state index >= 15 is 0 Å². The molecule has 0 radical (unpaired) electrons. The summed E-state index contributed by atoms with van der Waals surface area (Å²) in [6.07, 6.45) is 12.0. The van der Waals surface area contributed by atoms with E-state index < -0.39 is 0 Å². The second-order valence-electron chi connectivity index (χ2n) is 7.68. The quantitative estimate of drug-likeness (QED) is 0.355.